The van der Waals surface area contributed by atoms with Gasteiger partial charge in [-0.1, -0.05) is 62.1 Å². The molecule has 0 saturated carbocycles. The molecule has 152 valence electrons. The van der Waals surface area contributed by atoms with Crippen molar-refractivity contribution in [3.8, 4) is 11.1 Å². The molecule has 0 bridgehead atoms. The van der Waals surface area contributed by atoms with Crippen molar-refractivity contribution >= 4 is 29.3 Å². The molecule has 3 aromatic rings. The molecule has 3 aromatic carbocycles. The number of halogens is 1. The zero-order valence-corrected chi connectivity index (χ0v) is 22.4. The quantitative estimate of drug-likeness (QED) is 0.236. The molecular weight excluding hydrogens is 467 g/mol. The summed E-state index contributed by atoms with van der Waals surface area (Å²) in [5.74, 6) is 0.560. The van der Waals surface area contributed by atoms with E-state index in [4.69, 9.17) is 11.6 Å². The van der Waals surface area contributed by atoms with E-state index < -0.39 is 0 Å². The van der Waals surface area contributed by atoms with Gasteiger partial charge < -0.3 is 14.9 Å². The summed E-state index contributed by atoms with van der Waals surface area (Å²) in [5, 5.41) is 3.34. The molecule has 0 fully saturated rings. The van der Waals surface area contributed by atoms with Crippen molar-refractivity contribution in [2.45, 2.75) is 27.7 Å². The monoisotopic (exact) mass is 494 g/mol. The van der Waals surface area contributed by atoms with Crippen LogP contribution in [0.25, 0.3) is 21.9 Å². The number of fused-ring (bicyclic) bond motifs is 1. The number of hydrogen-bond acceptors (Lipinski definition) is 0. The summed E-state index contributed by atoms with van der Waals surface area (Å²) in [6, 6.07) is 20.7. The maximum atomic E-state index is 6.01. The molecule has 0 N–H and O–H groups in total. The van der Waals surface area contributed by atoms with Crippen LogP contribution < -0.4 is 0 Å². The van der Waals surface area contributed by atoms with Crippen LogP contribution in [0.1, 0.15) is 27.7 Å². The van der Waals surface area contributed by atoms with E-state index in [1.807, 2.05) is 18.2 Å². The van der Waals surface area contributed by atoms with E-state index >= 15 is 0 Å². The van der Waals surface area contributed by atoms with Gasteiger partial charge in [0.2, 0.25) is 0 Å². The Balaban J connectivity index is 0.000000524. The summed E-state index contributed by atoms with van der Waals surface area (Å²) in [6.07, 6.45) is 3.36. The van der Waals surface area contributed by atoms with E-state index in [0.29, 0.717) is 5.92 Å². The molecule has 1 unspecified atom stereocenters. The van der Waals surface area contributed by atoms with Gasteiger partial charge in [0.05, 0.1) is 0 Å². The fraction of sp³-hybridized carbons (Fsp3) is 0.192. The van der Waals surface area contributed by atoms with Gasteiger partial charge in [0.25, 0.3) is 0 Å². The molecule has 0 heterocycles. The number of benzene rings is 2. The molecule has 2 radical (unpaired) electrons. The van der Waals surface area contributed by atoms with Crippen molar-refractivity contribution in [3.63, 3.8) is 0 Å². The first kappa shape index (κ1) is 27.9. The molecule has 1 atom stereocenters. The zero-order valence-electron chi connectivity index (χ0n) is 18.2. The third-order valence-corrected chi connectivity index (χ3v) is 5.29. The average molecular weight is 496 g/mol. The molecule has 0 amide bonds. The van der Waals surface area contributed by atoms with E-state index in [-0.39, 0.29) is 14.9 Å². The Morgan fingerprint density at radius 3 is 2.17 bits per heavy atom. The van der Waals surface area contributed by atoms with Crippen LogP contribution in [0.3, 0.4) is 0 Å². The Kier molecular flexibility index (Phi) is 12.8. The van der Waals surface area contributed by atoms with Gasteiger partial charge in [0, 0.05) is 5.02 Å². The van der Waals surface area contributed by atoms with Crippen molar-refractivity contribution in [3.05, 3.63) is 103 Å². The fourth-order valence-electron chi connectivity index (χ4n) is 3.22. The predicted octanol–water partition coefficient (Wildman–Crippen LogP) is 8.12. The van der Waals surface area contributed by atoms with Crippen molar-refractivity contribution in [2.24, 2.45) is 5.92 Å². The van der Waals surface area contributed by atoms with Crippen LogP contribution in [0, 0.1) is 26.8 Å². The fourth-order valence-corrected chi connectivity index (χ4v) is 3.41. The molecule has 4 rings (SSSR count). The van der Waals surface area contributed by atoms with Gasteiger partial charge in [-0.25, -0.2) is 5.57 Å². The van der Waals surface area contributed by atoms with Crippen LogP contribution in [0.2, 0.25) is 5.02 Å². The topological polar surface area (TPSA) is 0 Å². The van der Waals surface area contributed by atoms with E-state index in [1.54, 1.807) is 0 Å². The van der Waals surface area contributed by atoms with E-state index in [1.165, 1.54) is 62.0 Å². The Bertz CT molecular complexity index is 981. The number of rotatable bonds is 1. The van der Waals surface area contributed by atoms with Gasteiger partial charge >= 0.3 is 30.2 Å². The summed E-state index contributed by atoms with van der Waals surface area (Å²) in [4.78, 5) is 0. The minimum atomic E-state index is 0. The van der Waals surface area contributed by atoms with Gasteiger partial charge in [-0.05, 0) is 12.1 Å². The minimum absolute atomic E-state index is 0. The second-order valence-corrected chi connectivity index (χ2v) is 7.08. The van der Waals surface area contributed by atoms with Crippen molar-refractivity contribution in [2.75, 3.05) is 0 Å². The standard InChI is InChI=1S/C15H10Cl.C9H13.2CH3.Si.Zr/c16-13-6-3-5-12(10-13)15-9-8-11-4-1-2-7-14(11)15;1-6-5-7(2)9(4)8(6)3;;;;/h1-10H;6H,1-4H3;2*1H3;;/q4*-1;;. The van der Waals surface area contributed by atoms with Crippen LogP contribution in [-0.4, -0.2) is 6.88 Å². The summed E-state index contributed by atoms with van der Waals surface area (Å²) in [5.41, 5.74) is 6.67. The first-order chi connectivity index (χ1) is 13.0. The maximum absolute atomic E-state index is 6.01. The van der Waals surface area contributed by atoms with E-state index in [0.717, 1.165) is 5.02 Å². The van der Waals surface area contributed by atoms with Gasteiger partial charge in [0.15, 0.2) is 0 Å². The summed E-state index contributed by atoms with van der Waals surface area (Å²) >= 11 is 7.37. The molecule has 29 heavy (non-hydrogen) atoms. The third-order valence-electron chi connectivity index (χ3n) is 5.05. The third kappa shape index (κ3) is 6.99. The van der Waals surface area contributed by atoms with Gasteiger partial charge in [-0.3, -0.25) is 6.08 Å². The van der Waals surface area contributed by atoms with Crippen LogP contribution >= 0.6 is 11.6 Å². The first-order valence-electron chi connectivity index (χ1n) is 8.90. The van der Waals surface area contributed by atoms with Crippen molar-refractivity contribution in [1.82, 2.24) is 0 Å². The predicted molar refractivity (Wildman–Crippen MR) is 129 cm³/mol. The SMILES string of the molecule is CC1=[C-]C(C)C(C)=C1C.Clc1cccc(-c2c[cH-]c3ccccc23)c1.[CH3-].[CH3-].[Si]=[Zr]. The van der Waals surface area contributed by atoms with Crippen LogP contribution in [-0.2, 0) is 23.3 Å². The number of allylic oxidation sites excluding steroid dienone is 4. The van der Waals surface area contributed by atoms with Crippen molar-refractivity contribution < 1.29 is 23.3 Å². The Hall–Kier alpha value is -1.08. The van der Waals surface area contributed by atoms with Crippen LogP contribution in [0.4, 0.5) is 0 Å². The molecule has 3 heteroatoms. The van der Waals surface area contributed by atoms with Crippen molar-refractivity contribution in [1.29, 1.82) is 0 Å². The Labute approximate surface area is 199 Å². The van der Waals surface area contributed by atoms with Gasteiger partial charge in [-0.15, -0.1) is 53.6 Å². The molecule has 0 spiro atoms. The molecule has 0 saturated heterocycles. The number of hydrogen-bond donors (Lipinski definition) is 0. The zero-order chi connectivity index (χ0) is 20.0. The Morgan fingerprint density at radius 1 is 1.00 bits per heavy atom. The first-order valence-corrected chi connectivity index (χ1v) is 13.5. The molecule has 0 aromatic heterocycles. The molecule has 1 aliphatic rings. The second kappa shape index (κ2) is 13.3. The average Bonchev–Trinajstić information content (AvgIpc) is 3.21. The summed E-state index contributed by atoms with van der Waals surface area (Å²) < 4.78 is 0. The van der Waals surface area contributed by atoms with Crippen LogP contribution in [0.5, 0.6) is 0 Å². The molecule has 1 aliphatic carbocycles. The van der Waals surface area contributed by atoms with E-state index in [2.05, 4.69) is 83.1 Å². The van der Waals surface area contributed by atoms with Gasteiger partial charge in [0.1, 0.15) is 0 Å². The second-order valence-electron chi connectivity index (χ2n) is 6.64. The van der Waals surface area contributed by atoms with E-state index in [9.17, 15) is 0 Å². The normalized spacial score (nSPS) is 14.5. The summed E-state index contributed by atoms with van der Waals surface area (Å²) in [7, 11) is 0. The molecule has 0 aliphatic heterocycles. The molecular formula is C26H29ClSiZr-4. The Morgan fingerprint density at radius 2 is 1.66 bits per heavy atom. The summed E-state index contributed by atoms with van der Waals surface area (Å²) in [6.45, 7) is 11.7. The molecule has 0 nitrogen and oxygen atoms in total. The van der Waals surface area contributed by atoms with Crippen LogP contribution in [0.15, 0.2) is 77.4 Å². The van der Waals surface area contributed by atoms with Gasteiger partial charge in [-0.2, -0.15) is 11.1 Å².